The van der Waals surface area contributed by atoms with Crippen LogP contribution in [0.5, 0.6) is 5.75 Å². The van der Waals surface area contributed by atoms with Gasteiger partial charge in [-0.25, -0.2) is 0 Å². The second-order valence-electron chi connectivity index (χ2n) is 4.85. The minimum absolute atomic E-state index is 0.0508. The molecule has 2 rings (SSSR count). The molecule has 23 heavy (non-hydrogen) atoms. The van der Waals surface area contributed by atoms with E-state index in [2.05, 4.69) is 0 Å². The largest absolute Gasteiger partial charge is 0.508 e. The number of halogens is 1. The van der Waals surface area contributed by atoms with Crippen molar-refractivity contribution in [3.8, 4) is 5.75 Å². The normalized spacial score (nSPS) is 10.4. The second-order valence-corrected chi connectivity index (χ2v) is 6.37. The SMILES string of the molecule is CN(C)C(=O)c1cc(O)ccc1Sc1ccc(Cl)cc1[N+](=O)[O-]. The lowest BCUT2D eigenvalue weighted by Crippen LogP contribution is -2.22. The molecule has 0 bridgehead atoms. The Bertz CT molecular complexity index is 780. The summed E-state index contributed by atoms with van der Waals surface area (Å²) < 4.78 is 0. The molecule has 1 amide bonds. The van der Waals surface area contributed by atoms with Crippen LogP contribution in [0.25, 0.3) is 0 Å². The Morgan fingerprint density at radius 3 is 2.48 bits per heavy atom. The summed E-state index contributed by atoms with van der Waals surface area (Å²) in [6.07, 6.45) is 0. The molecular formula is C15H13ClN2O4S. The molecule has 1 N–H and O–H groups in total. The van der Waals surface area contributed by atoms with Gasteiger partial charge in [0, 0.05) is 30.1 Å². The average molecular weight is 353 g/mol. The van der Waals surface area contributed by atoms with Crippen molar-refractivity contribution < 1.29 is 14.8 Å². The molecule has 2 aromatic rings. The Morgan fingerprint density at radius 1 is 1.22 bits per heavy atom. The first kappa shape index (κ1) is 17.1. The lowest BCUT2D eigenvalue weighted by atomic mass is 10.2. The summed E-state index contributed by atoms with van der Waals surface area (Å²) in [6, 6.07) is 8.66. The van der Waals surface area contributed by atoms with Gasteiger partial charge in [0.2, 0.25) is 0 Å². The third kappa shape index (κ3) is 3.94. The zero-order valence-electron chi connectivity index (χ0n) is 12.3. The number of rotatable bonds is 4. The quantitative estimate of drug-likeness (QED) is 0.668. The first-order valence-corrected chi connectivity index (χ1v) is 7.65. The van der Waals surface area contributed by atoms with E-state index in [4.69, 9.17) is 11.6 Å². The zero-order chi connectivity index (χ0) is 17.1. The predicted octanol–water partition coefficient (Wildman–Crippen LogP) is 3.81. The van der Waals surface area contributed by atoms with E-state index in [1.807, 2.05) is 0 Å². The standard InChI is InChI=1S/C15H13ClN2O4S/c1-17(2)15(20)11-8-10(19)4-6-13(11)23-14-5-3-9(16)7-12(14)18(21)22/h3-8,19H,1-2H3. The van der Waals surface area contributed by atoms with Gasteiger partial charge >= 0.3 is 0 Å². The fraction of sp³-hybridized carbons (Fsp3) is 0.133. The summed E-state index contributed by atoms with van der Waals surface area (Å²) in [4.78, 5) is 25.1. The topological polar surface area (TPSA) is 83.7 Å². The summed E-state index contributed by atoms with van der Waals surface area (Å²) in [5.41, 5.74) is 0.128. The molecule has 0 fully saturated rings. The van der Waals surface area contributed by atoms with Crippen LogP contribution < -0.4 is 0 Å². The number of carbonyl (C=O) groups excluding carboxylic acids is 1. The molecule has 0 saturated heterocycles. The number of benzene rings is 2. The van der Waals surface area contributed by atoms with Gasteiger partial charge in [0.1, 0.15) is 5.75 Å². The number of nitrogens with zero attached hydrogens (tertiary/aromatic N) is 2. The van der Waals surface area contributed by atoms with Crippen LogP contribution in [0, 0.1) is 10.1 Å². The monoisotopic (exact) mass is 352 g/mol. The van der Waals surface area contributed by atoms with Crippen molar-refractivity contribution in [1.82, 2.24) is 4.90 Å². The number of nitro groups is 1. The fourth-order valence-corrected chi connectivity index (χ4v) is 3.02. The maximum atomic E-state index is 12.2. The highest BCUT2D eigenvalue weighted by Crippen LogP contribution is 2.38. The van der Waals surface area contributed by atoms with Crippen LogP contribution in [0.15, 0.2) is 46.2 Å². The van der Waals surface area contributed by atoms with Crippen molar-refractivity contribution in [2.75, 3.05) is 14.1 Å². The maximum absolute atomic E-state index is 12.2. The molecule has 2 aromatic carbocycles. The van der Waals surface area contributed by atoms with E-state index in [9.17, 15) is 20.0 Å². The Labute approximate surface area is 141 Å². The van der Waals surface area contributed by atoms with Crippen LogP contribution in [0.1, 0.15) is 10.4 Å². The van der Waals surface area contributed by atoms with E-state index < -0.39 is 4.92 Å². The molecule has 0 spiro atoms. The van der Waals surface area contributed by atoms with Crippen molar-refractivity contribution in [3.05, 3.63) is 57.1 Å². The van der Waals surface area contributed by atoms with Gasteiger partial charge in [0.25, 0.3) is 11.6 Å². The Kier molecular flexibility index (Phi) is 5.12. The molecule has 0 radical (unpaired) electrons. The molecule has 8 heteroatoms. The van der Waals surface area contributed by atoms with E-state index in [1.165, 1.54) is 29.2 Å². The number of aromatic hydroxyl groups is 1. The molecule has 0 unspecified atom stereocenters. The third-order valence-corrected chi connectivity index (χ3v) is 4.31. The van der Waals surface area contributed by atoms with Crippen LogP contribution in [0.3, 0.4) is 0 Å². The molecule has 0 aliphatic carbocycles. The van der Waals surface area contributed by atoms with E-state index in [-0.39, 0.29) is 27.9 Å². The molecule has 0 heterocycles. The van der Waals surface area contributed by atoms with Gasteiger partial charge in [0.15, 0.2) is 0 Å². The molecule has 0 atom stereocenters. The fourth-order valence-electron chi connectivity index (χ4n) is 1.85. The first-order chi connectivity index (χ1) is 10.8. The van der Waals surface area contributed by atoms with E-state index >= 15 is 0 Å². The Morgan fingerprint density at radius 2 is 1.87 bits per heavy atom. The molecule has 0 saturated carbocycles. The first-order valence-electron chi connectivity index (χ1n) is 6.46. The van der Waals surface area contributed by atoms with E-state index in [0.717, 1.165) is 11.8 Å². The number of hydrogen-bond donors (Lipinski definition) is 1. The van der Waals surface area contributed by atoms with Gasteiger partial charge in [-0.05, 0) is 30.3 Å². The summed E-state index contributed by atoms with van der Waals surface area (Å²) in [6.45, 7) is 0. The Balaban J connectivity index is 2.49. The summed E-state index contributed by atoms with van der Waals surface area (Å²) >= 11 is 6.87. The number of hydrogen-bond acceptors (Lipinski definition) is 5. The third-order valence-electron chi connectivity index (χ3n) is 2.94. The van der Waals surface area contributed by atoms with E-state index in [1.54, 1.807) is 26.2 Å². The van der Waals surface area contributed by atoms with Gasteiger partial charge in [-0.3, -0.25) is 14.9 Å². The van der Waals surface area contributed by atoms with Crippen LogP contribution in [0.2, 0.25) is 5.02 Å². The van der Waals surface area contributed by atoms with Crippen LogP contribution >= 0.6 is 23.4 Å². The molecule has 6 nitrogen and oxygen atoms in total. The van der Waals surface area contributed by atoms with Crippen LogP contribution in [0.4, 0.5) is 5.69 Å². The molecule has 0 aliphatic heterocycles. The van der Waals surface area contributed by atoms with Gasteiger partial charge in [-0.2, -0.15) is 0 Å². The number of amides is 1. The molecule has 0 aliphatic rings. The second kappa shape index (κ2) is 6.89. The average Bonchev–Trinajstić information content (AvgIpc) is 2.49. The molecular weight excluding hydrogens is 340 g/mol. The minimum Gasteiger partial charge on any atom is -0.508 e. The van der Waals surface area contributed by atoms with Gasteiger partial charge in [-0.1, -0.05) is 23.4 Å². The lowest BCUT2D eigenvalue weighted by molar-refractivity contribution is -0.387. The maximum Gasteiger partial charge on any atom is 0.284 e. The summed E-state index contributed by atoms with van der Waals surface area (Å²) in [5.74, 6) is -0.356. The smallest absolute Gasteiger partial charge is 0.284 e. The highest BCUT2D eigenvalue weighted by molar-refractivity contribution is 7.99. The van der Waals surface area contributed by atoms with Crippen molar-refractivity contribution in [2.24, 2.45) is 0 Å². The van der Waals surface area contributed by atoms with Gasteiger partial charge < -0.3 is 10.0 Å². The molecule has 120 valence electrons. The van der Waals surface area contributed by atoms with Crippen LogP contribution in [-0.4, -0.2) is 34.9 Å². The van der Waals surface area contributed by atoms with Crippen molar-refractivity contribution in [1.29, 1.82) is 0 Å². The minimum atomic E-state index is -0.526. The van der Waals surface area contributed by atoms with Crippen molar-refractivity contribution in [3.63, 3.8) is 0 Å². The van der Waals surface area contributed by atoms with E-state index in [0.29, 0.717) is 9.79 Å². The highest BCUT2D eigenvalue weighted by atomic mass is 35.5. The predicted molar refractivity (Wildman–Crippen MR) is 88.4 cm³/mol. The number of carbonyl (C=O) groups is 1. The lowest BCUT2D eigenvalue weighted by Gasteiger charge is -2.14. The van der Waals surface area contributed by atoms with Crippen molar-refractivity contribution in [2.45, 2.75) is 9.79 Å². The van der Waals surface area contributed by atoms with Crippen LogP contribution in [-0.2, 0) is 0 Å². The van der Waals surface area contributed by atoms with Gasteiger partial charge in [-0.15, -0.1) is 0 Å². The number of phenols is 1. The Hall–Kier alpha value is -2.25. The highest BCUT2D eigenvalue weighted by Gasteiger charge is 2.20. The number of phenolic OH excluding ortho intramolecular Hbond substituents is 1. The molecule has 0 aromatic heterocycles. The number of nitro benzene ring substituents is 1. The summed E-state index contributed by atoms with van der Waals surface area (Å²) in [5, 5.41) is 21.0. The van der Waals surface area contributed by atoms with Crippen molar-refractivity contribution >= 4 is 35.0 Å². The van der Waals surface area contributed by atoms with Gasteiger partial charge in [0.05, 0.1) is 15.4 Å². The zero-order valence-corrected chi connectivity index (χ0v) is 13.9. The summed E-state index contributed by atoms with van der Waals surface area (Å²) in [7, 11) is 3.18.